The Kier molecular flexibility index (Phi) is 4.69. The second kappa shape index (κ2) is 6.90. The van der Waals surface area contributed by atoms with Crippen molar-refractivity contribution in [1.82, 2.24) is 20.1 Å². The van der Waals surface area contributed by atoms with E-state index in [1.165, 1.54) is 0 Å². The normalized spacial score (nSPS) is 16.4. The Labute approximate surface area is 141 Å². The second-order valence-corrected chi connectivity index (χ2v) is 5.96. The summed E-state index contributed by atoms with van der Waals surface area (Å²) in [5.41, 5.74) is 1.74. The molecule has 0 saturated heterocycles. The molecule has 128 valence electrons. The van der Waals surface area contributed by atoms with Crippen LogP contribution in [-0.4, -0.2) is 27.4 Å². The molecule has 0 fully saturated rings. The zero-order valence-corrected chi connectivity index (χ0v) is 14.3. The molecule has 3 rings (SSSR count). The zero-order chi connectivity index (χ0) is 17.1. The van der Waals surface area contributed by atoms with E-state index >= 15 is 0 Å². The molecule has 1 aliphatic heterocycles. The van der Waals surface area contributed by atoms with Crippen LogP contribution in [0.25, 0.3) is 0 Å². The van der Waals surface area contributed by atoms with Gasteiger partial charge < -0.3 is 19.9 Å². The van der Waals surface area contributed by atoms with Gasteiger partial charge in [-0.25, -0.2) is 4.79 Å². The molecule has 7 heteroatoms. The lowest BCUT2D eigenvalue weighted by molar-refractivity contribution is 0.244. The Morgan fingerprint density at radius 3 is 3.00 bits per heavy atom. The lowest BCUT2D eigenvalue weighted by atomic mass is 10.1. The number of hydrogen-bond donors (Lipinski definition) is 2. The Hall–Kier alpha value is -2.57. The fourth-order valence-electron chi connectivity index (χ4n) is 2.97. The van der Waals surface area contributed by atoms with E-state index in [4.69, 9.17) is 4.74 Å². The first kappa shape index (κ1) is 16.3. The van der Waals surface area contributed by atoms with Gasteiger partial charge >= 0.3 is 6.03 Å². The number of urea groups is 1. The Morgan fingerprint density at radius 1 is 1.38 bits per heavy atom. The molecule has 7 nitrogen and oxygen atoms in total. The van der Waals surface area contributed by atoms with Gasteiger partial charge in [-0.15, -0.1) is 10.2 Å². The minimum Gasteiger partial charge on any atom is -0.494 e. The summed E-state index contributed by atoms with van der Waals surface area (Å²) >= 11 is 0. The molecule has 0 bridgehead atoms. The molecular formula is C17H23N5O2. The molecule has 0 radical (unpaired) electrons. The number of benzene rings is 1. The van der Waals surface area contributed by atoms with Gasteiger partial charge in [0, 0.05) is 18.3 Å². The van der Waals surface area contributed by atoms with Gasteiger partial charge in [-0.1, -0.05) is 6.07 Å². The number of anilines is 1. The second-order valence-electron chi connectivity index (χ2n) is 5.96. The third-order valence-corrected chi connectivity index (χ3v) is 4.20. The lowest BCUT2D eigenvalue weighted by Crippen LogP contribution is -2.36. The van der Waals surface area contributed by atoms with Crippen LogP contribution in [0.5, 0.6) is 5.75 Å². The molecule has 1 aromatic heterocycles. The fraction of sp³-hybridized carbons (Fsp3) is 0.471. The highest BCUT2D eigenvalue weighted by molar-refractivity contribution is 5.89. The molecule has 2 N–H and O–H groups in total. The van der Waals surface area contributed by atoms with Gasteiger partial charge in [0.1, 0.15) is 11.6 Å². The number of aryl methyl sites for hydroxylation is 2. The van der Waals surface area contributed by atoms with E-state index in [0.717, 1.165) is 42.3 Å². The van der Waals surface area contributed by atoms with Gasteiger partial charge in [0.2, 0.25) is 0 Å². The fourth-order valence-corrected chi connectivity index (χ4v) is 2.97. The summed E-state index contributed by atoms with van der Waals surface area (Å²) in [5.74, 6) is 2.49. The summed E-state index contributed by atoms with van der Waals surface area (Å²) in [7, 11) is 0. The van der Waals surface area contributed by atoms with Gasteiger partial charge in [0.05, 0.1) is 12.6 Å². The number of aromatic nitrogens is 3. The van der Waals surface area contributed by atoms with Gasteiger partial charge in [-0.3, -0.25) is 0 Å². The van der Waals surface area contributed by atoms with Crippen molar-refractivity contribution < 1.29 is 9.53 Å². The number of nitrogens with zero attached hydrogens (tertiary/aromatic N) is 3. The molecule has 24 heavy (non-hydrogen) atoms. The Bertz CT molecular complexity index is 741. The predicted octanol–water partition coefficient (Wildman–Crippen LogP) is 2.95. The number of rotatable bonds is 4. The highest BCUT2D eigenvalue weighted by Gasteiger charge is 2.25. The molecule has 0 saturated carbocycles. The number of hydrogen-bond acceptors (Lipinski definition) is 4. The molecule has 1 aromatic carbocycles. The summed E-state index contributed by atoms with van der Waals surface area (Å²) in [6.07, 6.45) is 1.86. The predicted molar refractivity (Wildman–Crippen MR) is 91.2 cm³/mol. The van der Waals surface area contributed by atoms with Crippen LogP contribution >= 0.6 is 0 Å². The van der Waals surface area contributed by atoms with E-state index in [-0.39, 0.29) is 12.1 Å². The molecule has 1 aliphatic rings. The smallest absolute Gasteiger partial charge is 0.319 e. The highest BCUT2D eigenvalue weighted by atomic mass is 16.5. The number of carbonyl (C=O) groups is 1. The molecule has 1 atom stereocenters. The number of carbonyl (C=O) groups excluding carboxylic acids is 1. The minimum atomic E-state index is -0.250. The Balaban J connectivity index is 1.67. The van der Waals surface area contributed by atoms with Crippen LogP contribution in [0.1, 0.15) is 43.0 Å². The van der Waals surface area contributed by atoms with Gasteiger partial charge in [-0.05, 0) is 45.2 Å². The van der Waals surface area contributed by atoms with Crippen molar-refractivity contribution in [3.63, 3.8) is 0 Å². The van der Waals surface area contributed by atoms with Crippen molar-refractivity contribution in [3.8, 4) is 5.75 Å². The third kappa shape index (κ3) is 3.34. The van der Waals surface area contributed by atoms with Crippen molar-refractivity contribution in [1.29, 1.82) is 0 Å². The zero-order valence-electron chi connectivity index (χ0n) is 14.3. The van der Waals surface area contributed by atoms with Crippen LogP contribution in [0, 0.1) is 13.8 Å². The van der Waals surface area contributed by atoms with Crippen molar-refractivity contribution >= 4 is 11.7 Å². The average molecular weight is 329 g/mol. The standard InChI is InChI=1S/C17H23N5O2/c1-4-24-15-10-13(8-7-11(15)2)18-17(23)19-14-6-5-9-22-12(3)20-21-16(14)22/h7-8,10,14H,4-6,9H2,1-3H3,(H2,18,19,23). The van der Waals surface area contributed by atoms with E-state index in [1.54, 1.807) is 0 Å². The van der Waals surface area contributed by atoms with Crippen LogP contribution in [0.15, 0.2) is 18.2 Å². The third-order valence-electron chi connectivity index (χ3n) is 4.20. The van der Waals surface area contributed by atoms with E-state index in [1.807, 2.05) is 39.0 Å². The summed E-state index contributed by atoms with van der Waals surface area (Å²) in [4.78, 5) is 12.3. The molecule has 2 heterocycles. The van der Waals surface area contributed by atoms with Crippen LogP contribution in [0.2, 0.25) is 0 Å². The molecule has 0 spiro atoms. The molecule has 0 aliphatic carbocycles. The first-order chi connectivity index (χ1) is 11.6. The van der Waals surface area contributed by atoms with Crippen molar-refractivity contribution in [2.45, 2.75) is 46.2 Å². The van der Waals surface area contributed by atoms with Gasteiger partial charge in [0.15, 0.2) is 5.82 Å². The number of ether oxygens (including phenoxy) is 1. The molecule has 2 aromatic rings. The lowest BCUT2D eigenvalue weighted by Gasteiger charge is -2.24. The van der Waals surface area contributed by atoms with Gasteiger partial charge in [0.25, 0.3) is 0 Å². The summed E-state index contributed by atoms with van der Waals surface area (Å²) in [6, 6.07) is 5.27. The minimum absolute atomic E-state index is 0.114. The number of nitrogens with one attached hydrogen (secondary N) is 2. The Morgan fingerprint density at radius 2 is 2.21 bits per heavy atom. The summed E-state index contributed by atoms with van der Waals surface area (Å²) in [6.45, 7) is 7.34. The number of fused-ring (bicyclic) bond motifs is 1. The maximum atomic E-state index is 12.3. The van der Waals surface area contributed by atoms with Crippen LogP contribution in [0.3, 0.4) is 0 Å². The van der Waals surface area contributed by atoms with Crippen LogP contribution < -0.4 is 15.4 Å². The van der Waals surface area contributed by atoms with E-state index in [9.17, 15) is 4.79 Å². The quantitative estimate of drug-likeness (QED) is 0.903. The van der Waals surface area contributed by atoms with Crippen molar-refractivity contribution in [3.05, 3.63) is 35.4 Å². The molecule has 1 unspecified atom stereocenters. The summed E-state index contributed by atoms with van der Waals surface area (Å²) in [5, 5.41) is 14.2. The van der Waals surface area contributed by atoms with E-state index in [0.29, 0.717) is 12.3 Å². The van der Waals surface area contributed by atoms with E-state index in [2.05, 4.69) is 25.4 Å². The molecule has 2 amide bonds. The van der Waals surface area contributed by atoms with Crippen LogP contribution in [-0.2, 0) is 6.54 Å². The van der Waals surface area contributed by atoms with Crippen molar-refractivity contribution in [2.24, 2.45) is 0 Å². The maximum absolute atomic E-state index is 12.3. The topological polar surface area (TPSA) is 81.1 Å². The number of amides is 2. The highest BCUT2D eigenvalue weighted by Crippen LogP contribution is 2.25. The summed E-state index contributed by atoms with van der Waals surface area (Å²) < 4.78 is 7.63. The average Bonchev–Trinajstić information content (AvgIpc) is 2.93. The van der Waals surface area contributed by atoms with Gasteiger partial charge in [-0.2, -0.15) is 0 Å². The van der Waals surface area contributed by atoms with Crippen LogP contribution in [0.4, 0.5) is 10.5 Å². The van der Waals surface area contributed by atoms with E-state index < -0.39 is 0 Å². The SMILES string of the molecule is CCOc1cc(NC(=O)NC2CCCn3c(C)nnc32)ccc1C. The largest absolute Gasteiger partial charge is 0.494 e. The monoisotopic (exact) mass is 329 g/mol. The first-order valence-electron chi connectivity index (χ1n) is 8.29. The maximum Gasteiger partial charge on any atom is 0.319 e. The first-order valence-corrected chi connectivity index (χ1v) is 8.29. The molecular weight excluding hydrogens is 306 g/mol. The van der Waals surface area contributed by atoms with Crippen molar-refractivity contribution in [2.75, 3.05) is 11.9 Å².